The molecule has 1 aliphatic rings. The molecular formula is C22H24ClN3OS. The van der Waals surface area contributed by atoms with E-state index in [1.54, 1.807) is 4.90 Å². The number of amides is 1. The maximum atomic E-state index is 13.2. The lowest BCUT2D eigenvalue weighted by molar-refractivity contribution is -0.113. The molecule has 0 radical (unpaired) electrons. The second-order valence-corrected chi connectivity index (χ2v) is 8.59. The van der Waals surface area contributed by atoms with Gasteiger partial charge in [0.25, 0.3) is 5.91 Å². The monoisotopic (exact) mass is 413 g/mol. The Bertz CT molecular complexity index is 949. The number of nitrogens with zero attached hydrogens (tertiary/aromatic N) is 3. The van der Waals surface area contributed by atoms with Gasteiger partial charge in [-0.15, -0.1) is 0 Å². The molecule has 4 nitrogen and oxygen atoms in total. The number of carbonyl (C=O) groups is 1. The largest absolute Gasteiger partial charge is 0.378 e. The first-order valence-corrected chi connectivity index (χ1v) is 10.3. The molecule has 0 saturated carbocycles. The van der Waals surface area contributed by atoms with Crippen molar-refractivity contribution >= 4 is 51.9 Å². The smallest absolute Gasteiger partial charge is 0.271 e. The fourth-order valence-corrected chi connectivity index (χ4v) is 4.04. The first kappa shape index (κ1) is 20.5. The molecule has 2 aromatic rings. The van der Waals surface area contributed by atoms with Crippen molar-refractivity contribution in [2.75, 3.05) is 23.9 Å². The van der Waals surface area contributed by atoms with Crippen LogP contribution in [0.15, 0.2) is 52.4 Å². The number of carbonyl (C=O) groups excluding carboxylic acids is 1. The van der Waals surface area contributed by atoms with Crippen molar-refractivity contribution in [3.63, 3.8) is 0 Å². The molecule has 0 aliphatic carbocycles. The summed E-state index contributed by atoms with van der Waals surface area (Å²) >= 11 is 7.70. The zero-order valence-corrected chi connectivity index (χ0v) is 18.3. The molecule has 0 aromatic heterocycles. The zero-order chi connectivity index (χ0) is 20.4. The fraction of sp³-hybridized carbons (Fsp3) is 0.273. The van der Waals surface area contributed by atoms with Crippen molar-refractivity contribution in [2.45, 2.75) is 26.8 Å². The Morgan fingerprint density at radius 1 is 1.14 bits per heavy atom. The molecule has 1 fully saturated rings. The summed E-state index contributed by atoms with van der Waals surface area (Å²) in [6.45, 7) is 5.94. The lowest BCUT2D eigenvalue weighted by Crippen LogP contribution is -2.29. The summed E-state index contributed by atoms with van der Waals surface area (Å²) in [5, 5.41) is 1.31. The van der Waals surface area contributed by atoms with E-state index < -0.39 is 0 Å². The van der Waals surface area contributed by atoms with Crippen molar-refractivity contribution in [3.05, 3.63) is 63.5 Å². The van der Waals surface area contributed by atoms with E-state index in [-0.39, 0.29) is 11.9 Å². The van der Waals surface area contributed by atoms with Gasteiger partial charge in [0.1, 0.15) is 0 Å². The molecule has 3 rings (SSSR count). The number of aliphatic imine (C=N–C) groups is 1. The fourth-order valence-electron chi connectivity index (χ4n) is 2.75. The maximum absolute atomic E-state index is 13.2. The number of thioether (sulfide) groups is 1. The van der Waals surface area contributed by atoms with Crippen molar-refractivity contribution in [1.82, 2.24) is 0 Å². The third-order valence-corrected chi connectivity index (χ3v) is 5.69. The van der Waals surface area contributed by atoms with E-state index in [0.29, 0.717) is 15.1 Å². The Labute approximate surface area is 175 Å². The summed E-state index contributed by atoms with van der Waals surface area (Å²) < 4.78 is 0. The number of anilines is 2. The Hall–Kier alpha value is -2.24. The van der Waals surface area contributed by atoms with Crippen molar-refractivity contribution in [3.8, 4) is 0 Å². The summed E-state index contributed by atoms with van der Waals surface area (Å²) in [4.78, 5) is 22.2. The average molecular weight is 414 g/mol. The first-order chi connectivity index (χ1) is 13.3. The highest BCUT2D eigenvalue weighted by molar-refractivity contribution is 8.19. The molecule has 1 heterocycles. The van der Waals surface area contributed by atoms with E-state index >= 15 is 0 Å². The van der Waals surface area contributed by atoms with Crippen LogP contribution in [0.1, 0.15) is 25.0 Å². The molecular weight excluding hydrogens is 390 g/mol. The van der Waals surface area contributed by atoms with Crippen molar-refractivity contribution < 1.29 is 4.79 Å². The van der Waals surface area contributed by atoms with Crippen LogP contribution in [0.5, 0.6) is 0 Å². The minimum atomic E-state index is -0.0824. The van der Waals surface area contributed by atoms with Crippen LogP contribution in [0.25, 0.3) is 6.08 Å². The second-order valence-electron chi connectivity index (χ2n) is 7.18. The van der Waals surface area contributed by atoms with E-state index in [2.05, 4.69) is 4.99 Å². The van der Waals surface area contributed by atoms with E-state index in [1.165, 1.54) is 11.8 Å². The third-order valence-electron chi connectivity index (χ3n) is 4.30. The average Bonchev–Trinajstić information content (AvgIpc) is 2.92. The van der Waals surface area contributed by atoms with Gasteiger partial charge in [0, 0.05) is 30.8 Å². The van der Waals surface area contributed by atoms with Gasteiger partial charge in [-0.25, -0.2) is 0 Å². The Morgan fingerprint density at radius 3 is 2.39 bits per heavy atom. The summed E-state index contributed by atoms with van der Waals surface area (Å²) in [5.74, 6) is -0.0824. The summed E-state index contributed by atoms with van der Waals surface area (Å²) in [6.07, 6.45) is 1.91. The number of hydrogen-bond donors (Lipinski definition) is 0. The SMILES string of the molecule is Cc1ccc(N2C(=O)C(=Cc3ccc(N(C)C)cc3)SC2=NC(C)C)cc1Cl. The summed E-state index contributed by atoms with van der Waals surface area (Å²) in [5.41, 5.74) is 3.81. The van der Waals surface area contributed by atoms with E-state index in [1.807, 2.05) is 88.3 Å². The van der Waals surface area contributed by atoms with Gasteiger partial charge in [-0.3, -0.25) is 14.7 Å². The van der Waals surface area contributed by atoms with Gasteiger partial charge in [-0.05, 0) is 74.0 Å². The van der Waals surface area contributed by atoms with Gasteiger partial charge in [0.05, 0.1) is 10.6 Å². The molecule has 1 aliphatic heterocycles. The number of halogens is 1. The van der Waals surface area contributed by atoms with Crippen LogP contribution >= 0.6 is 23.4 Å². The quantitative estimate of drug-likeness (QED) is 0.612. The van der Waals surface area contributed by atoms with E-state index in [4.69, 9.17) is 11.6 Å². The molecule has 2 aromatic carbocycles. The highest BCUT2D eigenvalue weighted by atomic mass is 35.5. The number of hydrogen-bond acceptors (Lipinski definition) is 4. The van der Waals surface area contributed by atoms with Gasteiger partial charge in [0.2, 0.25) is 0 Å². The normalized spacial score (nSPS) is 17.2. The van der Waals surface area contributed by atoms with Crippen LogP contribution in [-0.2, 0) is 4.79 Å². The Morgan fingerprint density at radius 2 is 1.82 bits per heavy atom. The van der Waals surface area contributed by atoms with E-state index in [9.17, 15) is 4.79 Å². The summed E-state index contributed by atoms with van der Waals surface area (Å²) in [6, 6.07) is 13.8. The molecule has 0 spiro atoms. The minimum absolute atomic E-state index is 0.0810. The number of aryl methyl sites for hydroxylation is 1. The second kappa shape index (κ2) is 8.41. The standard InChI is InChI=1S/C22H24ClN3OS/c1-14(2)24-22-26(18-9-6-15(3)19(23)13-18)21(27)20(28-22)12-16-7-10-17(11-8-16)25(4)5/h6-14H,1-5H3. The molecule has 1 amide bonds. The lowest BCUT2D eigenvalue weighted by Gasteiger charge is -2.17. The minimum Gasteiger partial charge on any atom is -0.378 e. The van der Waals surface area contributed by atoms with Gasteiger partial charge >= 0.3 is 0 Å². The molecule has 0 bridgehead atoms. The molecule has 6 heteroatoms. The predicted molar refractivity (Wildman–Crippen MR) is 123 cm³/mol. The Balaban J connectivity index is 1.98. The van der Waals surface area contributed by atoms with Crippen LogP contribution in [0.3, 0.4) is 0 Å². The molecule has 146 valence electrons. The zero-order valence-electron chi connectivity index (χ0n) is 16.7. The molecule has 0 atom stereocenters. The highest BCUT2D eigenvalue weighted by Gasteiger charge is 2.35. The van der Waals surface area contributed by atoms with Crippen LogP contribution < -0.4 is 9.80 Å². The van der Waals surface area contributed by atoms with Gasteiger partial charge in [-0.2, -0.15) is 0 Å². The van der Waals surface area contributed by atoms with Crippen LogP contribution in [0, 0.1) is 6.92 Å². The third kappa shape index (κ3) is 4.42. The number of amidine groups is 1. The molecule has 1 saturated heterocycles. The molecule has 0 unspecified atom stereocenters. The molecule has 0 N–H and O–H groups in total. The highest BCUT2D eigenvalue weighted by Crippen LogP contribution is 2.37. The van der Waals surface area contributed by atoms with Gasteiger partial charge in [0.15, 0.2) is 5.17 Å². The predicted octanol–water partition coefficient (Wildman–Crippen LogP) is 5.60. The lowest BCUT2D eigenvalue weighted by atomic mass is 10.1. The topological polar surface area (TPSA) is 35.9 Å². The van der Waals surface area contributed by atoms with Gasteiger partial charge < -0.3 is 4.90 Å². The van der Waals surface area contributed by atoms with E-state index in [0.717, 1.165) is 22.5 Å². The number of benzene rings is 2. The van der Waals surface area contributed by atoms with Crippen molar-refractivity contribution in [1.29, 1.82) is 0 Å². The molecule has 28 heavy (non-hydrogen) atoms. The van der Waals surface area contributed by atoms with Crippen LogP contribution in [-0.4, -0.2) is 31.2 Å². The Kier molecular flexibility index (Phi) is 6.16. The first-order valence-electron chi connectivity index (χ1n) is 9.11. The van der Waals surface area contributed by atoms with Crippen LogP contribution in [0.2, 0.25) is 5.02 Å². The summed E-state index contributed by atoms with van der Waals surface area (Å²) in [7, 11) is 4.01. The van der Waals surface area contributed by atoms with Gasteiger partial charge in [-0.1, -0.05) is 29.8 Å². The maximum Gasteiger partial charge on any atom is 0.271 e. The van der Waals surface area contributed by atoms with Crippen LogP contribution in [0.4, 0.5) is 11.4 Å². The number of rotatable bonds is 4. The van der Waals surface area contributed by atoms with Crippen molar-refractivity contribution in [2.24, 2.45) is 4.99 Å².